The van der Waals surface area contributed by atoms with Gasteiger partial charge in [0.2, 0.25) is 31.2 Å². The molecule has 0 N–H and O–H groups in total. The average molecular weight is 424 g/mol. The Morgan fingerprint density at radius 3 is 0.650 bits per heavy atom. The Labute approximate surface area is 142 Å². The monoisotopic (exact) mass is 424 g/mol. The van der Waals surface area contributed by atoms with Crippen LogP contribution in [0.15, 0.2) is 0 Å². The van der Waals surface area contributed by atoms with Crippen LogP contribution in [0.2, 0.25) is 0 Å². The standard InChI is InChI=1S/3FHO4S.Fe.Na/c3*1-5-6(2,3)4;;/h3*(H,2,3,4);;/q;;;+2;+1/p-3. The molecule has 0 atom stereocenters. The normalized spacial score (nSPS) is 10.5. The summed E-state index contributed by atoms with van der Waals surface area (Å²) in [6, 6.07) is 0. The molecule has 0 unspecified atom stereocenters. The van der Waals surface area contributed by atoms with Crippen molar-refractivity contribution in [1.82, 2.24) is 0 Å². The van der Waals surface area contributed by atoms with E-state index >= 15 is 0 Å². The Kier molecular flexibility index (Phi) is 24.3. The van der Waals surface area contributed by atoms with Crippen molar-refractivity contribution >= 4 is 31.2 Å². The molecule has 0 saturated carbocycles. The zero-order valence-corrected chi connectivity index (χ0v) is 14.2. The van der Waals surface area contributed by atoms with E-state index in [9.17, 15) is 13.6 Å². The molecule has 120 valence electrons. The van der Waals surface area contributed by atoms with Crippen LogP contribution in [-0.4, -0.2) is 38.9 Å². The van der Waals surface area contributed by atoms with Crippen LogP contribution in [0.3, 0.4) is 0 Å². The first-order valence-electron chi connectivity index (χ1n) is 2.46. The molecule has 0 heterocycles. The van der Waals surface area contributed by atoms with Gasteiger partial charge in [-0.1, -0.05) is 13.2 Å². The van der Waals surface area contributed by atoms with Crippen molar-refractivity contribution in [2.24, 2.45) is 0 Å². The van der Waals surface area contributed by atoms with Crippen LogP contribution in [0.1, 0.15) is 0 Å². The summed E-state index contributed by atoms with van der Waals surface area (Å²) in [6.07, 6.45) is 0. The summed E-state index contributed by atoms with van der Waals surface area (Å²) in [5, 5.41) is 0. The maximum Gasteiger partial charge on any atom is 2.00 e. The molecule has 20 heavy (non-hydrogen) atoms. The second kappa shape index (κ2) is 14.8. The van der Waals surface area contributed by atoms with Crippen LogP contribution in [0.4, 0.5) is 13.6 Å². The van der Waals surface area contributed by atoms with Gasteiger partial charge in [0.25, 0.3) is 0 Å². The maximum absolute atomic E-state index is 10.1. The summed E-state index contributed by atoms with van der Waals surface area (Å²) in [5.74, 6) is 0. The molecule has 0 rings (SSSR count). The zero-order valence-electron chi connectivity index (χ0n) is 8.61. The summed E-state index contributed by atoms with van der Waals surface area (Å²) >= 11 is 0. The first-order chi connectivity index (χ1) is 7.68. The summed E-state index contributed by atoms with van der Waals surface area (Å²) in [5.41, 5.74) is 0. The predicted molar refractivity (Wildman–Crippen MR) is 35.7 cm³/mol. The fraction of sp³-hybridized carbons (Fsp3) is 0. The van der Waals surface area contributed by atoms with E-state index in [1.807, 2.05) is 13.2 Å². The van der Waals surface area contributed by atoms with Crippen molar-refractivity contribution in [2.45, 2.75) is 0 Å². The molecular formula is F3FeNaO12S3. The van der Waals surface area contributed by atoms with Gasteiger partial charge in [-0.15, -0.1) is 0 Å². The summed E-state index contributed by atoms with van der Waals surface area (Å²) < 4.78 is 115. The van der Waals surface area contributed by atoms with Gasteiger partial charge in [0.15, 0.2) is 0 Å². The van der Waals surface area contributed by atoms with Crippen molar-refractivity contribution in [3.8, 4) is 0 Å². The van der Waals surface area contributed by atoms with Gasteiger partial charge in [0.1, 0.15) is 0 Å². The molecule has 0 spiro atoms. The molecule has 0 bridgehead atoms. The van der Waals surface area contributed by atoms with E-state index in [1.54, 1.807) is 0 Å². The van der Waals surface area contributed by atoms with Gasteiger partial charge in [-0.3, -0.25) is 0 Å². The van der Waals surface area contributed by atoms with E-state index in [2.05, 4.69) is 0 Å². The molecule has 20 heteroatoms. The quantitative estimate of drug-likeness (QED) is 0.238. The van der Waals surface area contributed by atoms with E-state index in [-0.39, 0.29) is 46.6 Å². The number of rotatable bonds is 3. The molecule has 0 aromatic heterocycles. The second-order valence-corrected chi connectivity index (χ2v) is 4.24. The number of hydrogen-bond acceptors (Lipinski definition) is 12. The molecule has 0 aliphatic rings. The minimum atomic E-state index is -5.08. The van der Waals surface area contributed by atoms with E-state index in [4.69, 9.17) is 38.9 Å². The molecular weight excluding hydrogens is 424 g/mol. The van der Waals surface area contributed by atoms with E-state index in [1.165, 1.54) is 0 Å². The van der Waals surface area contributed by atoms with Crippen molar-refractivity contribution in [3.05, 3.63) is 0 Å². The molecule has 0 radical (unpaired) electrons. The third-order valence-corrected chi connectivity index (χ3v) is 0.694. The average Bonchev–Trinajstić information content (AvgIpc) is 2.16. The van der Waals surface area contributed by atoms with E-state index in [0.29, 0.717) is 0 Å². The van der Waals surface area contributed by atoms with E-state index in [0.717, 1.165) is 0 Å². The van der Waals surface area contributed by atoms with Crippen LogP contribution >= 0.6 is 0 Å². The Morgan fingerprint density at radius 1 is 0.600 bits per heavy atom. The van der Waals surface area contributed by atoms with Crippen molar-refractivity contribution in [1.29, 1.82) is 0 Å². The first-order valence-corrected chi connectivity index (χ1v) is 6.46. The minimum absolute atomic E-state index is 0. The topological polar surface area (TPSA) is 199 Å². The summed E-state index contributed by atoms with van der Waals surface area (Å²) in [7, 11) is -15.2. The van der Waals surface area contributed by atoms with Gasteiger partial charge >= 0.3 is 46.6 Å². The molecule has 0 aromatic carbocycles. The first kappa shape index (κ1) is 32.8. The Balaban J connectivity index is -0.0000000536. The van der Waals surface area contributed by atoms with Crippen molar-refractivity contribution in [2.75, 3.05) is 0 Å². The molecule has 0 saturated heterocycles. The number of halogens is 3. The maximum atomic E-state index is 10.1. The molecule has 12 nitrogen and oxygen atoms in total. The molecule has 0 aliphatic carbocycles. The Morgan fingerprint density at radius 2 is 0.650 bits per heavy atom. The number of hydrogen-bond donors (Lipinski definition) is 0. The van der Waals surface area contributed by atoms with Gasteiger partial charge in [-0.2, -0.15) is 0 Å². The Hall–Kier alpha value is 0.919. The molecule has 0 aromatic rings. The van der Waals surface area contributed by atoms with Crippen molar-refractivity contribution in [3.63, 3.8) is 0 Å². The van der Waals surface area contributed by atoms with E-state index < -0.39 is 31.2 Å². The molecule has 0 aliphatic heterocycles. The van der Waals surface area contributed by atoms with Crippen LogP contribution in [0.5, 0.6) is 0 Å². The van der Waals surface area contributed by atoms with Gasteiger partial charge in [0.05, 0.1) is 0 Å². The van der Waals surface area contributed by atoms with Gasteiger partial charge < -0.3 is 13.7 Å². The van der Waals surface area contributed by atoms with Crippen molar-refractivity contribution < 1.29 is 112 Å². The predicted octanol–water partition coefficient (Wildman–Crippen LogP) is -4.96. The SMILES string of the molecule is O=S(=O)([O-])OF.O=S(=O)([O-])OF.O=S(=O)([O-])OF.[Fe+2].[Na+]. The van der Waals surface area contributed by atoms with Crippen LogP contribution in [0.25, 0.3) is 0 Å². The third-order valence-electron chi connectivity index (χ3n) is 0.231. The zero-order chi connectivity index (χ0) is 15.6. The smallest absolute Gasteiger partial charge is 0.724 e. The van der Waals surface area contributed by atoms with Crippen LogP contribution in [-0.2, 0) is 61.4 Å². The van der Waals surface area contributed by atoms with Gasteiger partial charge in [0, 0.05) is 0 Å². The van der Waals surface area contributed by atoms with Crippen LogP contribution < -0.4 is 29.6 Å². The molecule has 0 amide bonds. The minimum Gasteiger partial charge on any atom is -0.724 e. The fourth-order valence-corrected chi connectivity index (χ4v) is 0. The van der Waals surface area contributed by atoms with Gasteiger partial charge in [-0.25, -0.2) is 25.3 Å². The fourth-order valence-electron chi connectivity index (χ4n) is 0. The summed E-state index contributed by atoms with van der Waals surface area (Å²) in [4.78, 5) is 0. The van der Waals surface area contributed by atoms with Gasteiger partial charge in [-0.05, 0) is 13.6 Å². The largest absolute Gasteiger partial charge is 2.00 e. The van der Waals surface area contributed by atoms with Crippen LogP contribution in [0, 0.1) is 0 Å². The molecule has 0 fully saturated rings. The second-order valence-electron chi connectivity index (χ2n) is 1.41. The third kappa shape index (κ3) is 61.7. The summed E-state index contributed by atoms with van der Waals surface area (Å²) in [6.45, 7) is 0. The Bertz CT molecular complexity index is 416.